The molecule has 1 aliphatic heterocycles. The van der Waals surface area contributed by atoms with Gasteiger partial charge in [0.25, 0.3) is 0 Å². The standard InChI is InChI=1S/C12H18ClN3/c1-9-10(6-11(13)7-12(9)14)8-16-4-2-15-3-5-16/h6-7,15H,2-5,8,14H2,1H3. The summed E-state index contributed by atoms with van der Waals surface area (Å²) in [7, 11) is 0. The van der Waals surface area contributed by atoms with E-state index in [0.29, 0.717) is 0 Å². The summed E-state index contributed by atoms with van der Waals surface area (Å²) in [5.74, 6) is 0. The van der Waals surface area contributed by atoms with Crippen LogP contribution >= 0.6 is 11.6 Å². The van der Waals surface area contributed by atoms with E-state index < -0.39 is 0 Å². The monoisotopic (exact) mass is 239 g/mol. The molecule has 3 N–H and O–H groups in total. The third-order valence-corrected chi connectivity index (χ3v) is 3.34. The Bertz CT molecular complexity index is 373. The van der Waals surface area contributed by atoms with Crippen LogP contribution < -0.4 is 11.1 Å². The summed E-state index contributed by atoms with van der Waals surface area (Å²) >= 11 is 6.03. The minimum atomic E-state index is 0.730. The van der Waals surface area contributed by atoms with Crippen LogP contribution in [0.25, 0.3) is 0 Å². The highest BCUT2D eigenvalue weighted by Crippen LogP contribution is 2.23. The number of hydrogen-bond acceptors (Lipinski definition) is 3. The van der Waals surface area contributed by atoms with Crippen molar-refractivity contribution in [2.75, 3.05) is 31.9 Å². The van der Waals surface area contributed by atoms with Crippen LogP contribution in [0.15, 0.2) is 12.1 Å². The molecule has 1 fully saturated rings. The number of halogens is 1. The van der Waals surface area contributed by atoms with Gasteiger partial charge in [0.05, 0.1) is 0 Å². The van der Waals surface area contributed by atoms with Gasteiger partial charge in [0.1, 0.15) is 0 Å². The first-order chi connectivity index (χ1) is 7.66. The van der Waals surface area contributed by atoms with Crippen LogP contribution in [-0.4, -0.2) is 31.1 Å². The highest BCUT2D eigenvalue weighted by atomic mass is 35.5. The topological polar surface area (TPSA) is 41.3 Å². The van der Waals surface area contributed by atoms with E-state index in [1.54, 1.807) is 0 Å². The number of nitrogen functional groups attached to an aromatic ring is 1. The Balaban J connectivity index is 2.13. The van der Waals surface area contributed by atoms with Gasteiger partial charge < -0.3 is 11.1 Å². The zero-order valence-electron chi connectivity index (χ0n) is 9.59. The molecule has 88 valence electrons. The van der Waals surface area contributed by atoms with Crippen LogP contribution in [0.4, 0.5) is 5.69 Å². The lowest BCUT2D eigenvalue weighted by Crippen LogP contribution is -2.43. The summed E-state index contributed by atoms with van der Waals surface area (Å²) in [6.45, 7) is 7.31. The lowest BCUT2D eigenvalue weighted by Gasteiger charge is -2.28. The zero-order valence-corrected chi connectivity index (χ0v) is 10.3. The number of hydrogen-bond donors (Lipinski definition) is 2. The minimum absolute atomic E-state index is 0.730. The highest BCUT2D eigenvalue weighted by molar-refractivity contribution is 6.31. The summed E-state index contributed by atoms with van der Waals surface area (Å²) in [4.78, 5) is 2.43. The van der Waals surface area contributed by atoms with Gasteiger partial charge in [0.15, 0.2) is 0 Å². The first-order valence-electron chi connectivity index (χ1n) is 5.64. The van der Waals surface area contributed by atoms with E-state index in [2.05, 4.69) is 17.1 Å². The van der Waals surface area contributed by atoms with Crippen molar-refractivity contribution in [1.82, 2.24) is 10.2 Å². The van der Waals surface area contributed by atoms with Gasteiger partial charge in [-0.25, -0.2) is 0 Å². The van der Waals surface area contributed by atoms with Crippen LogP contribution in [-0.2, 0) is 6.54 Å². The molecule has 1 aromatic carbocycles. The first-order valence-corrected chi connectivity index (χ1v) is 6.02. The lowest BCUT2D eigenvalue weighted by molar-refractivity contribution is 0.233. The van der Waals surface area contributed by atoms with Crippen molar-refractivity contribution in [2.24, 2.45) is 0 Å². The Kier molecular flexibility index (Phi) is 3.69. The van der Waals surface area contributed by atoms with Gasteiger partial charge in [-0.15, -0.1) is 0 Å². The van der Waals surface area contributed by atoms with Crippen molar-refractivity contribution in [3.63, 3.8) is 0 Å². The molecule has 4 heteroatoms. The van der Waals surface area contributed by atoms with Gasteiger partial charge in [0, 0.05) is 43.4 Å². The van der Waals surface area contributed by atoms with Crippen LogP contribution in [0.1, 0.15) is 11.1 Å². The molecule has 0 atom stereocenters. The molecule has 16 heavy (non-hydrogen) atoms. The van der Waals surface area contributed by atoms with Crippen molar-refractivity contribution in [3.8, 4) is 0 Å². The van der Waals surface area contributed by atoms with Crippen LogP contribution in [0.5, 0.6) is 0 Å². The molecule has 0 saturated carbocycles. The molecular weight excluding hydrogens is 222 g/mol. The highest BCUT2D eigenvalue weighted by Gasteiger charge is 2.12. The Morgan fingerprint density at radius 1 is 1.38 bits per heavy atom. The fraction of sp³-hybridized carbons (Fsp3) is 0.500. The molecule has 2 rings (SSSR count). The average Bonchev–Trinajstić information content (AvgIpc) is 2.27. The molecule has 0 radical (unpaired) electrons. The van der Waals surface area contributed by atoms with E-state index in [1.165, 1.54) is 5.56 Å². The average molecular weight is 240 g/mol. The number of nitrogens with two attached hydrogens (primary N) is 1. The molecule has 1 heterocycles. The Morgan fingerprint density at radius 3 is 2.75 bits per heavy atom. The molecule has 0 amide bonds. The zero-order chi connectivity index (χ0) is 11.5. The Labute approximate surface area is 102 Å². The van der Waals surface area contributed by atoms with Crippen LogP contribution in [0.3, 0.4) is 0 Å². The lowest BCUT2D eigenvalue weighted by atomic mass is 10.1. The quantitative estimate of drug-likeness (QED) is 0.771. The fourth-order valence-electron chi connectivity index (χ4n) is 2.03. The number of nitrogens with zero attached hydrogens (tertiary/aromatic N) is 1. The van der Waals surface area contributed by atoms with Gasteiger partial charge in [-0.05, 0) is 30.2 Å². The van der Waals surface area contributed by atoms with E-state index in [-0.39, 0.29) is 0 Å². The van der Waals surface area contributed by atoms with Crippen molar-refractivity contribution < 1.29 is 0 Å². The van der Waals surface area contributed by atoms with E-state index in [9.17, 15) is 0 Å². The van der Waals surface area contributed by atoms with Crippen molar-refractivity contribution in [1.29, 1.82) is 0 Å². The van der Waals surface area contributed by atoms with Crippen LogP contribution in [0, 0.1) is 6.92 Å². The third-order valence-electron chi connectivity index (χ3n) is 3.12. The first kappa shape index (κ1) is 11.7. The number of rotatable bonds is 2. The number of anilines is 1. The molecular formula is C12H18ClN3. The van der Waals surface area contributed by atoms with Gasteiger partial charge >= 0.3 is 0 Å². The summed E-state index contributed by atoms with van der Waals surface area (Å²) in [6, 6.07) is 3.84. The van der Waals surface area contributed by atoms with E-state index in [0.717, 1.165) is 49.0 Å². The fourth-order valence-corrected chi connectivity index (χ4v) is 2.28. The number of benzene rings is 1. The van der Waals surface area contributed by atoms with Gasteiger partial charge in [-0.2, -0.15) is 0 Å². The maximum absolute atomic E-state index is 6.03. The van der Waals surface area contributed by atoms with Crippen molar-refractivity contribution in [3.05, 3.63) is 28.3 Å². The van der Waals surface area contributed by atoms with Gasteiger partial charge in [-0.3, -0.25) is 4.90 Å². The Morgan fingerprint density at radius 2 is 2.06 bits per heavy atom. The predicted molar refractivity (Wildman–Crippen MR) is 68.7 cm³/mol. The van der Waals surface area contributed by atoms with Gasteiger partial charge in [0.2, 0.25) is 0 Å². The maximum atomic E-state index is 6.03. The maximum Gasteiger partial charge on any atom is 0.0429 e. The summed E-state index contributed by atoms with van der Waals surface area (Å²) < 4.78 is 0. The molecule has 0 aromatic heterocycles. The molecule has 0 spiro atoms. The number of piperazine rings is 1. The second-order valence-electron chi connectivity index (χ2n) is 4.31. The second-order valence-corrected chi connectivity index (χ2v) is 4.74. The second kappa shape index (κ2) is 5.04. The number of nitrogens with one attached hydrogen (secondary N) is 1. The summed E-state index contributed by atoms with van der Waals surface area (Å²) in [5.41, 5.74) is 9.10. The largest absolute Gasteiger partial charge is 0.398 e. The molecule has 0 aliphatic carbocycles. The van der Waals surface area contributed by atoms with Crippen LogP contribution in [0.2, 0.25) is 5.02 Å². The summed E-state index contributed by atoms with van der Waals surface area (Å²) in [5, 5.41) is 4.08. The normalized spacial score (nSPS) is 17.6. The smallest absolute Gasteiger partial charge is 0.0429 e. The molecule has 0 bridgehead atoms. The molecule has 0 unspecified atom stereocenters. The molecule has 1 aromatic rings. The minimum Gasteiger partial charge on any atom is -0.398 e. The Hall–Kier alpha value is -0.770. The van der Waals surface area contributed by atoms with E-state index in [1.807, 2.05) is 12.1 Å². The van der Waals surface area contributed by atoms with Crippen molar-refractivity contribution >= 4 is 17.3 Å². The van der Waals surface area contributed by atoms with Gasteiger partial charge in [-0.1, -0.05) is 11.6 Å². The predicted octanol–water partition coefficient (Wildman–Crippen LogP) is 1.64. The van der Waals surface area contributed by atoms with E-state index >= 15 is 0 Å². The molecule has 3 nitrogen and oxygen atoms in total. The molecule has 1 saturated heterocycles. The SMILES string of the molecule is Cc1c(N)cc(Cl)cc1CN1CCNCC1. The molecule has 1 aliphatic rings. The van der Waals surface area contributed by atoms with E-state index in [4.69, 9.17) is 17.3 Å². The van der Waals surface area contributed by atoms with Crippen molar-refractivity contribution in [2.45, 2.75) is 13.5 Å². The third kappa shape index (κ3) is 2.67. The summed E-state index contributed by atoms with van der Waals surface area (Å²) in [6.07, 6.45) is 0.